The number of rotatable bonds is 3. The molecule has 0 bridgehead atoms. The second-order valence-electron chi connectivity index (χ2n) is 5.04. The molecule has 102 valence electrons. The van der Waals surface area contributed by atoms with Crippen LogP contribution in [0.4, 0.5) is 0 Å². The minimum Gasteiger partial charge on any atom is -0.324 e. The number of nitrogens with two attached hydrogens (primary N) is 1. The minimum absolute atomic E-state index is 0.0527. The molecule has 1 aromatic carbocycles. The maximum absolute atomic E-state index is 6.41. The highest BCUT2D eigenvalue weighted by atomic mass is 32.1. The molecule has 2 aromatic heterocycles. The van der Waals surface area contributed by atoms with Gasteiger partial charge in [-0.1, -0.05) is 18.2 Å². The van der Waals surface area contributed by atoms with Crippen molar-refractivity contribution in [1.29, 1.82) is 0 Å². The zero-order chi connectivity index (χ0) is 14.1. The number of benzene rings is 1. The number of pyridine rings is 1. The lowest BCUT2D eigenvalue weighted by atomic mass is 9.98. The number of nitrogens with zero attached hydrogens (tertiary/aromatic N) is 2. The van der Waals surface area contributed by atoms with E-state index in [9.17, 15) is 0 Å². The first-order valence-electron chi connectivity index (χ1n) is 6.66. The Morgan fingerprint density at radius 3 is 2.75 bits per heavy atom. The number of hydrogen-bond donors (Lipinski definition) is 1. The molecule has 2 N–H and O–H groups in total. The van der Waals surface area contributed by atoms with E-state index < -0.39 is 0 Å². The SMILES string of the molecule is Cc1cc(C(N)Cc2csc(C)n2)c2ccccc2n1. The third kappa shape index (κ3) is 2.57. The average Bonchev–Trinajstić information content (AvgIpc) is 2.83. The molecule has 4 heteroatoms. The molecule has 0 radical (unpaired) electrons. The second kappa shape index (κ2) is 5.31. The quantitative estimate of drug-likeness (QED) is 0.799. The summed E-state index contributed by atoms with van der Waals surface area (Å²) in [7, 11) is 0. The van der Waals surface area contributed by atoms with Gasteiger partial charge in [0.1, 0.15) is 0 Å². The third-order valence-electron chi connectivity index (χ3n) is 3.37. The molecule has 0 saturated heterocycles. The maximum Gasteiger partial charge on any atom is 0.0897 e. The number of aryl methyl sites for hydroxylation is 2. The van der Waals surface area contributed by atoms with E-state index in [0.29, 0.717) is 0 Å². The van der Waals surface area contributed by atoms with Crippen LogP contribution in [0.5, 0.6) is 0 Å². The molecule has 0 spiro atoms. The lowest BCUT2D eigenvalue weighted by Crippen LogP contribution is -2.14. The number of fused-ring (bicyclic) bond motifs is 1. The molecule has 1 unspecified atom stereocenters. The number of aromatic nitrogens is 2. The Hall–Kier alpha value is -1.78. The molecule has 2 heterocycles. The predicted octanol–water partition coefficient (Wildman–Crippen LogP) is 3.55. The summed E-state index contributed by atoms with van der Waals surface area (Å²) < 4.78 is 0. The van der Waals surface area contributed by atoms with Crippen LogP contribution >= 0.6 is 11.3 Å². The van der Waals surface area contributed by atoms with Crippen molar-refractivity contribution in [3.63, 3.8) is 0 Å². The van der Waals surface area contributed by atoms with E-state index in [1.54, 1.807) is 11.3 Å². The van der Waals surface area contributed by atoms with E-state index in [-0.39, 0.29) is 6.04 Å². The first kappa shape index (κ1) is 13.2. The van der Waals surface area contributed by atoms with Gasteiger partial charge in [0.15, 0.2) is 0 Å². The molecule has 0 aliphatic heterocycles. The average molecular weight is 283 g/mol. The molecule has 1 atom stereocenters. The molecule has 0 saturated carbocycles. The largest absolute Gasteiger partial charge is 0.324 e. The number of para-hydroxylation sites is 1. The molecule has 0 aliphatic carbocycles. The standard InChI is InChI=1S/C16H17N3S/c1-10-7-14(13-5-3-4-6-16(13)18-10)15(17)8-12-9-20-11(2)19-12/h3-7,9,15H,8,17H2,1-2H3. The van der Waals surface area contributed by atoms with E-state index in [1.165, 1.54) is 0 Å². The molecular weight excluding hydrogens is 266 g/mol. The van der Waals surface area contributed by atoms with Crippen molar-refractivity contribution in [1.82, 2.24) is 9.97 Å². The van der Waals surface area contributed by atoms with Crippen LogP contribution in [0, 0.1) is 13.8 Å². The Balaban J connectivity index is 2.00. The van der Waals surface area contributed by atoms with Crippen LogP contribution in [0.25, 0.3) is 10.9 Å². The molecular formula is C16H17N3S. The molecule has 3 nitrogen and oxygen atoms in total. The number of thiazole rings is 1. The Morgan fingerprint density at radius 1 is 1.20 bits per heavy atom. The summed E-state index contributed by atoms with van der Waals surface area (Å²) in [4.78, 5) is 9.06. The highest BCUT2D eigenvalue weighted by Crippen LogP contribution is 2.25. The van der Waals surface area contributed by atoms with Gasteiger partial charge in [-0.05, 0) is 31.5 Å². The van der Waals surface area contributed by atoms with Crippen LogP contribution in [-0.4, -0.2) is 9.97 Å². The highest BCUT2D eigenvalue weighted by Gasteiger charge is 2.13. The predicted molar refractivity (Wildman–Crippen MR) is 84.0 cm³/mol. The van der Waals surface area contributed by atoms with E-state index in [0.717, 1.165) is 39.3 Å². The van der Waals surface area contributed by atoms with Gasteiger partial charge in [-0.25, -0.2) is 4.98 Å². The molecule has 0 aliphatic rings. The summed E-state index contributed by atoms with van der Waals surface area (Å²) >= 11 is 1.67. The van der Waals surface area contributed by atoms with Gasteiger partial charge in [0.25, 0.3) is 0 Å². The first-order valence-corrected chi connectivity index (χ1v) is 7.54. The topological polar surface area (TPSA) is 51.8 Å². The second-order valence-corrected chi connectivity index (χ2v) is 6.10. The fraction of sp³-hybridized carbons (Fsp3) is 0.250. The normalized spacial score (nSPS) is 12.8. The molecule has 20 heavy (non-hydrogen) atoms. The van der Waals surface area contributed by atoms with Crippen molar-refractivity contribution in [2.75, 3.05) is 0 Å². The third-order valence-corrected chi connectivity index (χ3v) is 4.19. The van der Waals surface area contributed by atoms with E-state index >= 15 is 0 Å². The van der Waals surface area contributed by atoms with Crippen LogP contribution < -0.4 is 5.73 Å². The fourth-order valence-corrected chi connectivity index (χ4v) is 3.11. The highest BCUT2D eigenvalue weighted by molar-refractivity contribution is 7.09. The lowest BCUT2D eigenvalue weighted by Gasteiger charge is -2.14. The molecule has 3 aromatic rings. The van der Waals surface area contributed by atoms with Crippen LogP contribution in [0.3, 0.4) is 0 Å². The van der Waals surface area contributed by atoms with Crippen LogP contribution in [-0.2, 0) is 6.42 Å². The van der Waals surface area contributed by atoms with Gasteiger partial charge in [-0.15, -0.1) is 11.3 Å². The summed E-state index contributed by atoms with van der Waals surface area (Å²) in [6.07, 6.45) is 0.762. The first-order chi connectivity index (χ1) is 9.63. The molecule has 3 rings (SSSR count). The smallest absolute Gasteiger partial charge is 0.0897 e. The summed E-state index contributed by atoms with van der Waals surface area (Å²) in [6, 6.07) is 10.2. The fourth-order valence-electron chi connectivity index (χ4n) is 2.48. The van der Waals surface area contributed by atoms with E-state index in [2.05, 4.69) is 27.5 Å². The van der Waals surface area contributed by atoms with Gasteiger partial charge >= 0.3 is 0 Å². The Bertz CT molecular complexity index is 748. The molecule has 0 fully saturated rings. The maximum atomic E-state index is 6.41. The van der Waals surface area contributed by atoms with Crippen molar-refractivity contribution in [3.05, 3.63) is 57.7 Å². The summed E-state index contributed by atoms with van der Waals surface area (Å²) in [5.74, 6) is 0. The van der Waals surface area contributed by atoms with Gasteiger partial charge in [0.2, 0.25) is 0 Å². The summed E-state index contributed by atoms with van der Waals surface area (Å²) in [5.41, 5.74) is 10.6. The van der Waals surface area contributed by atoms with Gasteiger partial charge in [-0.3, -0.25) is 4.98 Å². The van der Waals surface area contributed by atoms with Crippen LogP contribution in [0.2, 0.25) is 0 Å². The van der Waals surface area contributed by atoms with E-state index in [1.807, 2.05) is 32.0 Å². The van der Waals surface area contributed by atoms with Crippen molar-refractivity contribution in [3.8, 4) is 0 Å². The Labute approximate surface area is 122 Å². The zero-order valence-corrected chi connectivity index (χ0v) is 12.4. The number of hydrogen-bond acceptors (Lipinski definition) is 4. The Kier molecular flexibility index (Phi) is 3.51. The summed E-state index contributed by atoms with van der Waals surface area (Å²) in [5, 5.41) is 4.31. The van der Waals surface area contributed by atoms with Crippen molar-refractivity contribution in [2.45, 2.75) is 26.3 Å². The minimum atomic E-state index is -0.0527. The van der Waals surface area contributed by atoms with Gasteiger partial charge in [0.05, 0.1) is 16.2 Å². The van der Waals surface area contributed by atoms with E-state index in [4.69, 9.17) is 5.73 Å². The van der Waals surface area contributed by atoms with Gasteiger partial charge in [-0.2, -0.15) is 0 Å². The van der Waals surface area contributed by atoms with Gasteiger partial charge in [0, 0.05) is 28.9 Å². The van der Waals surface area contributed by atoms with Crippen molar-refractivity contribution >= 4 is 22.2 Å². The van der Waals surface area contributed by atoms with Crippen molar-refractivity contribution < 1.29 is 0 Å². The van der Waals surface area contributed by atoms with Crippen LogP contribution in [0.15, 0.2) is 35.7 Å². The Morgan fingerprint density at radius 2 is 2.00 bits per heavy atom. The van der Waals surface area contributed by atoms with Crippen molar-refractivity contribution in [2.24, 2.45) is 5.73 Å². The summed E-state index contributed by atoms with van der Waals surface area (Å²) in [6.45, 7) is 4.03. The molecule has 0 amide bonds. The van der Waals surface area contributed by atoms with Crippen LogP contribution in [0.1, 0.15) is 28.0 Å². The van der Waals surface area contributed by atoms with Gasteiger partial charge < -0.3 is 5.73 Å². The zero-order valence-electron chi connectivity index (χ0n) is 11.6. The monoisotopic (exact) mass is 283 g/mol. The lowest BCUT2D eigenvalue weighted by molar-refractivity contribution is 0.713.